The summed E-state index contributed by atoms with van der Waals surface area (Å²) in [4.78, 5) is 11.0. The van der Waals surface area contributed by atoms with Crippen molar-refractivity contribution in [3.05, 3.63) is 12.2 Å². The summed E-state index contributed by atoms with van der Waals surface area (Å²) in [6.07, 6.45) is 7.11. The number of ether oxygens (including phenoxy) is 2. The molecule has 2 atom stereocenters. The van der Waals surface area contributed by atoms with Gasteiger partial charge in [0.05, 0.1) is 19.3 Å². The van der Waals surface area contributed by atoms with E-state index < -0.39 is 12.0 Å². The van der Waals surface area contributed by atoms with Gasteiger partial charge in [-0.2, -0.15) is 0 Å². The Kier molecular flexibility index (Phi) is 4.29. The summed E-state index contributed by atoms with van der Waals surface area (Å²) in [6.45, 7) is 2.26. The molecule has 0 aromatic heterocycles. The number of hydrogen-bond acceptors (Lipinski definition) is 4. The molecule has 0 amide bonds. The first-order valence-corrected chi connectivity index (χ1v) is 5.20. The van der Waals surface area contributed by atoms with Gasteiger partial charge in [0.25, 0.3) is 0 Å². The maximum Gasteiger partial charge on any atom is 0.325 e. The van der Waals surface area contributed by atoms with Crippen molar-refractivity contribution in [2.45, 2.75) is 37.8 Å². The smallest absolute Gasteiger partial charge is 0.325 e. The summed E-state index contributed by atoms with van der Waals surface area (Å²) in [5.74, 6) is -0.426. The molecule has 0 aromatic carbocycles. The Balaban J connectivity index is 2.35. The molecule has 0 aromatic rings. The van der Waals surface area contributed by atoms with Crippen LogP contribution in [0.1, 0.15) is 26.2 Å². The summed E-state index contributed by atoms with van der Waals surface area (Å²) in [5.41, 5.74) is 5.41. The molecular weight excluding hydrogens is 194 g/mol. The lowest BCUT2D eigenvalue weighted by molar-refractivity contribution is -0.145. The summed E-state index contributed by atoms with van der Waals surface area (Å²) in [7, 11) is 1.33. The summed E-state index contributed by atoms with van der Waals surface area (Å²) >= 11 is 0. The quantitative estimate of drug-likeness (QED) is 0.559. The van der Waals surface area contributed by atoms with Crippen LogP contribution in [0.4, 0.5) is 0 Å². The van der Waals surface area contributed by atoms with E-state index in [0.717, 1.165) is 19.3 Å². The highest BCUT2D eigenvalue weighted by atomic mass is 16.5. The Morgan fingerprint density at radius 1 is 1.60 bits per heavy atom. The van der Waals surface area contributed by atoms with Crippen molar-refractivity contribution in [2.24, 2.45) is 5.73 Å². The summed E-state index contributed by atoms with van der Waals surface area (Å²) < 4.78 is 10.2. The normalized spacial score (nSPS) is 27.4. The minimum Gasteiger partial charge on any atom is -0.468 e. The molecule has 1 unspecified atom stereocenters. The van der Waals surface area contributed by atoms with Crippen molar-refractivity contribution >= 4 is 5.97 Å². The molecule has 1 rings (SSSR count). The fraction of sp³-hybridized carbons (Fsp3) is 0.727. The Hall–Kier alpha value is -0.870. The van der Waals surface area contributed by atoms with E-state index in [0.29, 0.717) is 0 Å². The lowest BCUT2D eigenvalue weighted by Crippen LogP contribution is -2.41. The standard InChI is InChI=1S/C11H19NO3/c1-11(6-4-3-5-7-11)15-8-9(12)10(13)14-2/h3-4,9H,5-8,12H2,1-2H3/t9-,11?/m0/s1. The molecule has 0 heterocycles. The first-order valence-electron chi connectivity index (χ1n) is 5.20. The lowest BCUT2D eigenvalue weighted by atomic mass is 9.91. The average molecular weight is 213 g/mol. The van der Waals surface area contributed by atoms with Crippen LogP contribution in [0, 0.1) is 0 Å². The zero-order valence-corrected chi connectivity index (χ0v) is 9.36. The van der Waals surface area contributed by atoms with Crippen LogP contribution < -0.4 is 5.73 Å². The molecule has 0 radical (unpaired) electrons. The van der Waals surface area contributed by atoms with Gasteiger partial charge >= 0.3 is 5.97 Å². The fourth-order valence-electron chi connectivity index (χ4n) is 1.58. The van der Waals surface area contributed by atoms with Gasteiger partial charge in [-0.25, -0.2) is 0 Å². The van der Waals surface area contributed by atoms with E-state index in [1.165, 1.54) is 7.11 Å². The van der Waals surface area contributed by atoms with Crippen LogP contribution in [0.2, 0.25) is 0 Å². The second-order valence-electron chi connectivity index (χ2n) is 4.10. The highest BCUT2D eigenvalue weighted by molar-refractivity contribution is 5.75. The third kappa shape index (κ3) is 3.64. The summed E-state index contributed by atoms with van der Waals surface area (Å²) in [5, 5.41) is 0. The number of hydrogen-bond donors (Lipinski definition) is 1. The van der Waals surface area contributed by atoms with Crippen molar-refractivity contribution < 1.29 is 14.3 Å². The molecule has 0 saturated heterocycles. The molecule has 0 fully saturated rings. The summed E-state index contributed by atoms with van der Waals surface area (Å²) in [6, 6.07) is -0.683. The molecule has 2 N–H and O–H groups in total. The number of carbonyl (C=O) groups excluding carboxylic acids is 1. The largest absolute Gasteiger partial charge is 0.468 e. The zero-order valence-electron chi connectivity index (χ0n) is 9.36. The van der Waals surface area contributed by atoms with Gasteiger partial charge in [0.2, 0.25) is 0 Å². The topological polar surface area (TPSA) is 61.5 Å². The number of carbonyl (C=O) groups is 1. The molecule has 4 nitrogen and oxygen atoms in total. The third-order valence-electron chi connectivity index (χ3n) is 2.67. The van der Waals surface area contributed by atoms with Gasteiger partial charge in [-0.3, -0.25) is 4.79 Å². The van der Waals surface area contributed by atoms with Crippen LogP contribution in [0.3, 0.4) is 0 Å². The molecular formula is C11H19NO3. The second kappa shape index (κ2) is 5.28. The van der Waals surface area contributed by atoms with E-state index in [1.807, 2.05) is 6.92 Å². The molecule has 0 bridgehead atoms. The average Bonchev–Trinajstić information content (AvgIpc) is 2.26. The molecule has 0 saturated carbocycles. The van der Waals surface area contributed by atoms with Crippen LogP contribution in [0.25, 0.3) is 0 Å². The molecule has 4 heteroatoms. The number of nitrogens with two attached hydrogens (primary N) is 1. The minimum atomic E-state index is -0.683. The van der Waals surface area contributed by atoms with Gasteiger partial charge in [-0.15, -0.1) is 0 Å². The van der Waals surface area contributed by atoms with E-state index in [2.05, 4.69) is 16.9 Å². The highest BCUT2D eigenvalue weighted by Crippen LogP contribution is 2.26. The van der Waals surface area contributed by atoms with E-state index in [1.54, 1.807) is 0 Å². The van der Waals surface area contributed by atoms with Gasteiger partial charge in [-0.1, -0.05) is 12.2 Å². The molecule has 86 valence electrons. The predicted molar refractivity (Wildman–Crippen MR) is 57.3 cm³/mol. The molecule has 0 aliphatic heterocycles. The van der Waals surface area contributed by atoms with Crippen LogP contribution in [0.15, 0.2) is 12.2 Å². The fourth-order valence-corrected chi connectivity index (χ4v) is 1.58. The highest BCUT2D eigenvalue weighted by Gasteiger charge is 2.27. The molecule has 15 heavy (non-hydrogen) atoms. The maximum absolute atomic E-state index is 11.0. The van der Waals surface area contributed by atoms with Gasteiger partial charge in [0, 0.05) is 0 Å². The Labute approximate surface area is 90.4 Å². The third-order valence-corrected chi connectivity index (χ3v) is 2.67. The van der Waals surface area contributed by atoms with E-state index in [-0.39, 0.29) is 12.2 Å². The van der Waals surface area contributed by atoms with Gasteiger partial charge < -0.3 is 15.2 Å². The zero-order chi connectivity index (χ0) is 11.3. The molecule has 1 aliphatic rings. The van der Waals surface area contributed by atoms with E-state index in [4.69, 9.17) is 10.5 Å². The molecule has 0 spiro atoms. The van der Waals surface area contributed by atoms with Crippen LogP contribution in [0.5, 0.6) is 0 Å². The van der Waals surface area contributed by atoms with Crippen molar-refractivity contribution in [3.8, 4) is 0 Å². The van der Waals surface area contributed by atoms with Crippen molar-refractivity contribution in [1.82, 2.24) is 0 Å². The first kappa shape index (κ1) is 12.2. The van der Waals surface area contributed by atoms with E-state index >= 15 is 0 Å². The molecule has 1 aliphatic carbocycles. The van der Waals surface area contributed by atoms with Crippen molar-refractivity contribution in [2.75, 3.05) is 13.7 Å². The monoisotopic (exact) mass is 213 g/mol. The second-order valence-corrected chi connectivity index (χ2v) is 4.10. The Morgan fingerprint density at radius 2 is 2.33 bits per heavy atom. The van der Waals surface area contributed by atoms with Crippen LogP contribution in [-0.4, -0.2) is 31.3 Å². The van der Waals surface area contributed by atoms with Crippen LogP contribution >= 0.6 is 0 Å². The Morgan fingerprint density at radius 3 is 2.87 bits per heavy atom. The van der Waals surface area contributed by atoms with Gasteiger partial charge in [0.1, 0.15) is 6.04 Å². The predicted octanol–water partition coefficient (Wildman–Crippen LogP) is 1.00. The minimum absolute atomic E-state index is 0.180. The SMILES string of the molecule is COC(=O)[C@@H](N)COC1(C)CC=CCC1. The maximum atomic E-state index is 11.0. The number of allylic oxidation sites excluding steroid dienone is 1. The number of esters is 1. The number of methoxy groups -OCH3 is 1. The van der Waals surface area contributed by atoms with Crippen molar-refractivity contribution in [1.29, 1.82) is 0 Å². The lowest BCUT2D eigenvalue weighted by Gasteiger charge is -2.31. The van der Waals surface area contributed by atoms with Crippen molar-refractivity contribution in [3.63, 3.8) is 0 Å². The van der Waals surface area contributed by atoms with Gasteiger partial charge in [-0.05, 0) is 26.2 Å². The Bertz CT molecular complexity index is 252. The van der Waals surface area contributed by atoms with Gasteiger partial charge in [0.15, 0.2) is 0 Å². The first-order chi connectivity index (χ1) is 7.07. The van der Waals surface area contributed by atoms with E-state index in [9.17, 15) is 4.79 Å². The van der Waals surface area contributed by atoms with Crippen LogP contribution in [-0.2, 0) is 14.3 Å². The number of rotatable bonds is 4.